The van der Waals surface area contributed by atoms with Crippen LogP contribution >= 0.6 is 0 Å². The number of ketones is 1. The smallest absolute Gasteiger partial charge is 0.274 e. The van der Waals surface area contributed by atoms with E-state index in [0.717, 1.165) is 46.3 Å². The van der Waals surface area contributed by atoms with Crippen LogP contribution in [0.25, 0.3) is 10.9 Å². The number of halogens is 1. The number of carbonyl (C=O) groups excluding carboxylic acids is 2. The maximum Gasteiger partial charge on any atom is 0.274 e. The van der Waals surface area contributed by atoms with E-state index in [1.165, 1.54) is 12.1 Å². The number of fused-ring (bicyclic) bond motifs is 3. The highest BCUT2D eigenvalue weighted by atomic mass is 19.1. The third-order valence-corrected chi connectivity index (χ3v) is 6.95. The quantitative estimate of drug-likeness (QED) is 0.155. The van der Waals surface area contributed by atoms with E-state index in [2.05, 4.69) is 15.2 Å². The lowest BCUT2D eigenvalue weighted by atomic mass is 9.85. The van der Waals surface area contributed by atoms with Gasteiger partial charge in [0.25, 0.3) is 5.91 Å². The number of benzene rings is 3. The fourth-order valence-corrected chi connectivity index (χ4v) is 5.06. The fraction of sp³-hybridized carbons (Fsp3) is 0.241. The molecule has 0 saturated heterocycles. The molecule has 1 unspecified atom stereocenters. The van der Waals surface area contributed by atoms with Crippen molar-refractivity contribution in [2.24, 2.45) is 5.92 Å². The van der Waals surface area contributed by atoms with Crippen molar-refractivity contribution in [3.8, 4) is 0 Å². The minimum Gasteiger partial charge on any atom is -0.384 e. The number of rotatable bonds is 9. The molecule has 1 aromatic heterocycles. The summed E-state index contributed by atoms with van der Waals surface area (Å²) in [7, 11) is 0. The molecule has 1 atom stereocenters. The Bertz CT molecular complexity index is 1410. The van der Waals surface area contributed by atoms with Gasteiger partial charge in [0, 0.05) is 65.5 Å². The summed E-state index contributed by atoms with van der Waals surface area (Å²) >= 11 is 0. The highest BCUT2D eigenvalue weighted by Crippen LogP contribution is 2.35. The standard InChI is InChI=1S/C29H29FN4O3/c30-22-10-12-23(13-11-22)32-16-15-31-17-21-9-14-26-27(28(21)35)24-3-1-2-4-25(24)34(26)18-19-5-7-20(8-6-19)29(36)33-37/h1-8,10-13,21,31-32,37H,9,14-18H2,(H,33,36). The molecule has 4 aromatic rings. The van der Waals surface area contributed by atoms with Crippen molar-refractivity contribution in [3.05, 3.63) is 101 Å². The monoisotopic (exact) mass is 500 g/mol. The second-order valence-electron chi connectivity index (χ2n) is 9.30. The summed E-state index contributed by atoms with van der Waals surface area (Å²) < 4.78 is 15.3. The van der Waals surface area contributed by atoms with Crippen LogP contribution in [0.4, 0.5) is 10.1 Å². The van der Waals surface area contributed by atoms with Crippen molar-refractivity contribution in [1.29, 1.82) is 0 Å². The Kier molecular flexibility index (Phi) is 7.30. The Morgan fingerprint density at radius 2 is 1.76 bits per heavy atom. The number of nitrogens with zero attached hydrogens (tertiary/aromatic N) is 1. The van der Waals surface area contributed by atoms with Gasteiger partial charge in [0.15, 0.2) is 5.78 Å². The number of hydrogen-bond acceptors (Lipinski definition) is 5. The highest BCUT2D eigenvalue weighted by molar-refractivity contribution is 6.11. The van der Waals surface area contributed by atoms with Gasteiger partial charge in [-0.05, 0) is 60.9 Å². The molecule has 1 aliphatic carbocycles. The summed E-state index contributed by atoms with van der Waals surface area (Å²) in [4.78, 5) is 25.2. The lowest BCUT2D eigenvalue weighted by molar-refractivity contribution is 0.0706. The first kappa shape index (κ1) is 24.7. The lowest BCUT2D eigenvalue weighted by Gasteiger charge is -2.23. The number of carbonyl (C=O) groups is 2. The molecule has 0 spiro atoms. The van der Waals surface area contributed by atoms with E-state index in [4.69, 9.17) is 5.21 Å². The first-order valence-corrected chi connectivity index (χ1v) is 12.4. The summed E-state index contributed by atoms with van der Waals surface area (Å²) in [6.07, 6.45) is 1.58. The average molecular weight is 501 g/mol. The number of amides is 1. The van der Waals surface area contributed by atoms with Gasteiger partial charge in [-0.15, -0.1) is 0 Å². The van der Waals surface area contributed by atoms with Crippen molar-refractivity contribution in [2.75, 3.05) is 25.0 Å². The van der Waals surface area contributed by atoms with Crippen LogP contribution in [0.15, 0.2) is 72.8 Å². The molecule has 0 saturated carbocycles. The molecule has 0 fully saturated rings. The second kappa shape index (κ2) is 10.9. The van der Waals surface area contributed by atoms with Crippen molar-refractivity contribution < 1.29 is 19.2 Å². The Hall–Kier alpha value is -4.01. The Labute approximate surface area is 214 Å². The predicted octanol–water partition coefficient (Wildman–Crippen LogP) is 4.39. The predicted molar refractivity (Wildman–Crippen MR) is 141 cm³/mol. The first-order chi connectivity index (χ1) is 18.0. The molecule has 1 heterocycles. The average Bonchev–Trinajstić information content (AvgIpc) is 3.24. The minimum absolute atomic E-state index is 0.0890. The molecule has 8 heteroatoms. The second-order valence-corrected chi connectivity index (χ2v) is 9.30. The topological polar surface area (TPSA) is 95.4 Å². The molecular weight excluding hydrogens is 471 g/mol. The van der Waals surface area contributed by atoms with Gasteiger partial charge < -0.3 is 15.2 Å². The molecule has 4 N–H and O–H groups in total. The SMILES string of the molecule is O=C(NO)c1ccc(Cn2c3c(c4ccccc42)C(=O)C(CNCCNc2ccc(F)cc2)CC3)cc1. The zero-order valence-corrected chi connectivity index (χ0v) is 20.3. The van der Waals surface area contributed by atoms with Crippen LogP contribution in [0.2, 0.25) is 0 Å². The third kappa shape index (κ3) is 5.26. The van der Waals surface area contributed by atoms with Crippen LogP contribution in [0, 0.1) is 11.7 Å². The molecule has 37 heavy (non-hydrogen) atoms. The maximum atomic E-state index is 13.6. The van der Waals surface area contributed by atoms with Crippen LogP contribution in [0.3, 0.4) is 0 Å². The molecular formula is C29H29FN4O3. The normalized spacial score (nSPS) is 15.0. The Morgan fingerprint density at radius 3 is 2.51 bits per heavy atom. The summed E-state index contributed by atoms with van der Waals surface area (Å²) in [5.74, 6) is -0.726. The summed E-state index contributed by atoms with van der Waals surface area (Å²) in [5.41, 5.74) is 6.78. The maximum absolute atomic E-state index is 13.6. The summed E-state index contributed by atoms with van der Waals surface area (Å²) in [6.45, 7) is 2.56. The van der Waals surface area contributed by atoms with Gasteiger partial charge in [0.1, 0.15) is 5.82 Å². The van der Waals surface area contributed by atoms with E-state index in [9.17, 15) is 14.0 Å². The minimum atomic E-state index is -0.549. The van der Waals surface area contributed by atoms with Gasteiger partial charge in [-0.3, -0.25) is 14.8 Å². The number of anilines is 1. The molecule has 190 valence electrons. The molecule has 0 radical (unpaired) electrons. The number of hydrogen-bond donors (Lipinski definition) is 4. The van der Waals surface area contributed by atoms with E-state index in [1.54, 1.807) is 29.7 Å². The number of nitrogens with one attached hydrogen (secondary N) is 3. The van der Waals surface area contributed by atoms with Crippen molar-refractivity contribution in [3.63, 3.8) is 0 Å². The van der Waals surface area contributed by atoms with Crippen LogP contribution in [-0.2, 0) is 13.0 Å². The molecule has 3 aromatic carbocycles. The van der Waals surface area contributed by atoms with Gasteiger partial charge in [0.05, 0.1) is 0 Å². The number of Topliss-reactive ketones (excluding diaryl/α,β-unsaturated/α-hetero) is 1. The largest absolute Gasteiger partial charge is 0.384 e. The molecule has 1 aliphatic rings. The van der Waals surface area contributed by atoms with E-state index in [-0.39, 0.29) is 17.5 Å². The Morgan fingerprint density at radius 1 is 1.00 bits per heavy atom. The highest BCUT2D eigenvalue weighted by Gasteiger charge is 2.32. The fourth-order valence-electron chi connectivity index (χ4n) is 5.06. The van der Waals surface area contributed by atoms with E-state index in [0.29, 0.717) is 31.7 Å². The Balaban J connectivity index is 1.27. The van der Waals surface area contributed by atoms with Crippen molar-refractivity contribution >= 4 is 28.3 Å². The zero-order chi connectivity index (χ0) is 25.8. The molecule has 0 aliphatic heterocycles. The van der Waals surface area contributed by atoms with Gasteiger partial charge in [-0.1, -0.05) is 30.3 Å². The molecule has 0 bridgehead atoms. The number of hydroxylamine groups is 1. The summed E-state index contributed by atoms with van der Waals surface area (Å²) in [5, 5.41) is 16.5. The summed E-state index contributed by atoms with van der Waals surface area (Å²) in [6, 6.07) is 21.4. The molecule has 7 nitrogen and oxygen atoms in total. The number of aromatic nitrogens is 1. The first-order valence-electron chi connectivity index (χ1n) is 12.4. The molecule has 1 amide bonds. The zero-order valence-electron chi connectivity index (χ0n) is 20.3. The van der Waals surface area contributed by atoms with E-state index in [1.807, 2.05) is 36.4 Å². The van der Waals surface area contributed by atoms with Crippen LogP contribution in [0.5, 0.6) is 0 Å². The van der Waals surface area contributed by atoms with Crippen molar-refractivity contribution in [2.45, 2.75) is 19.4 Å². The van der Waals surface area contributed by atoms with Crippen LogP contribution in [0.1, 0.15) is 38.4 Å². The lowest BCUT2D eigenvalue weighted by Crippen LogP contribution is -2.34. The molecule has 5 rings (SSSR count). The van der Waals surface area contributed by atoms with E-state index < -0.39 is 5.91 Å². The van der Waals surface area contributed by atoms with Crippen LogP contribution < -0.4 is 16.1 Å². The van der Waals surface area contributed by atoms with Gasteiger partial charge >= 0.3 is 0 Å². The van der Waals surface area contributed by atoms with E-state index >= 15 is 0 Å². The van der Waals surface area contributed by atoms with Gasteiger partial charge in [-0.25, -0.2) is 9.87 Å². The van der Waals surface area contributed by atoms with Crippen molar-refractivity contribution in [1.82, 2.24) is 15.4 Å². The number of para-hydroxylation sites is 1. The third-order valence-electron chi connectivity index (χ3n) is 6.95. The van der Waals surface area contributed by atoms with Crippen LogP contribution in [-0.4, -0.2) is 41.1 Å². The van der Waals surface area contributed by atoms with Gasteiger partial charge in [0.2, 0.25) is 0 Å². The van der Waals surface area contributed by atoms with Gasteiger partial charge in [-0.2, -0.15) is 0 Å².